The fourth-order valence-corrected chi connectivity index (χ4v) is 5.49. The number of benzene rings is 3. The van der Waals surface area contributed by atoms with Crippen LogP contribution in [0.15, 0.2) is 77.1 Å². The summed E-state index contributed by atoms with van der Waals surface area (Å²) < 4.78 is 41.7. The number of hydrogen-bond acceptors (Lipinski definition) is 9. The van der Waals surface area contributed by atoms with Crippen molar-refractivity contribution >= 4 is 27.1 Å². The normalized spacial score (nSPS) is 11.1. The molecule has 0 bridgehead atoms. The Kier molecular flexibility index (Phi) is 7.81. The summed E-state index contributed by atoms with van der Waals surface area (Å²) in [5.41, 5.74) is 1.94. The molecule has 0 saturated carbocycles. The van der Waals surface area contributed by atoms with Gasteiger partial charge in [-0.1, -0.05) is 47.6 Å². The number of nitrogens with one attached hydrogen (secondary N) is 1. The lowest BCUT2D eigenvalue weighted by atomic mass is 10.1. The van der Waals surface area contributed by atoms with E-state index < -0.39 is 9.84 Å². The summed E-state index contributed by atoms with van der Waals surface area (Å²) in [5.74, 6) is 0.860. The van der Waals surface area contributed by atoms with E-state index in [9.17, 15) is 13.2 Å². The summed E-state index contributed by atoms with van der Waals surface area (Å²) in [5, 5.41) is 10.5. The quantitative estimate of drug-likeness (QED) is 0.327. The standard InChI is InChI=1S/C25H23N3O6S2/c1-32-20-12-21(33-2)14-22(13-20)34-24-27-28-25(35-24)36(30,31)16-18-8-10-19(11-9-18)23(29)26-15-17-6-4-3-5-7-17/h3-14H,15-16H2,1-2H3,(H,26,29). The van der Waals surface area contributed by atoms with Crippen LogP contribution in [0, 0.1) is 0 Å². The minimum Gasteiger partial charge on any atom is -0.496 e. The predicted octanol–water partition coefficient (Wildman–Crippen LogP) is 4.25. The lowest BCUT2D eigenvalue weighted by Gasteiger charge is -2.07. The average Bonchev–Trinajstić information content (AvgIpc) is 3.37. The Morgan fingerprint density at radius 3 is 2.14 bits per heavy atom. The van der Waals surface area contributed by atoms with Gasteiger partial charge in [0.25, 0.3) is 5.91 Å². The molecule has 0 atom stereocenters. The molecule has 4 aromatic rings. The third-order valence-corrected chi connectivity index (χ3v) is 7.99. The molecule has 1 aromatic heterocycles. The summed E-state index contributed by atoms with van der Waals surface area (Å²) in [6, 6.07) is 20.9. The highest BCUT2D eigenvalue weighted by Gasteiger charge is 2.22. The molecule has 11 heteroatoms. The van der Waals surface area contributed by atoms with Crippen molar-refractivity contribution in [3.05, 3.63) is 89.5 Å². The molecule has 0 aliphatic rings. The molecule has 186 valence electrons. The third-order valence-electron chi connectivity index (χ3n) is 5.05. The van der Waals surface area contributed by atoms with Crippen molar-refractivity contribution in [3.63, 3.8) is 0 Å². The van der Waals surface area contributed by atoms with Crippen molar-refractivity contribution < 1.29 is 27.4 Å². The number of ether oxygens (including phenoxy) is 3. The molecule has 36 heavy (non-hydrogen) atoms. The van der Waals surface area contributed by atoms with Crippen LogP contribution in [-0.2, 0) is 22.1 Å². The molecule has 9 nitrogen and oxygen atoms in total. The first-order chi connectivity index (χ1) is 17.4. The number of methoxy groups -OCH3 is 2. The van der Waals surface area contributed by atoms with Crippen LogP contribution < -0.4 is 19.5 Å². The van der Waals surface area contributed by atoms with Crippen molar-refractivity contribution in [3.8, 4) is 22.4 Å². The van der Waals surface area contributed by atoms with E-state index >= 15 is 0 Å². The second-order valence-corrected chi connectivity index (χ2v) is 10.7. The predicted molar refractivity (Wildman–Crippen MR) is 134 cm³/mol. The average molecular weight is 526 g/mol. The molecule has 0 fully saturated rings. The Morgan fingerprint density at radius 1 is 0.861 bits per heavy atom. The van der Waals surface area contributed by atoms with Gasteiger partial charge in [-0.05, 0) is 34.6 Å². The van der Waals surface area contributed by atoms with Crippen molar-refractivity contribution in [2.75, 3.05) is 14.2 Å². The third kappa shape index (κ3) is 6.37. The van der Waals surface area contributed by atoms with Crippen LogP contribution in [0.3, 0.4) is 0 Å². The van der Waals surface area contributed by atoms with Crippen molar-refractivity contribution in [2.24, 2.45) is 0 Å². The van der Waals surface area contributed by atoms with Gasteiger partial charge in [0.2, 0.25) is 14.2 Å². The number of carbonyl (C=O) groups is 1. The lowest BCUT2D eigenvalue weighted by molar-refractivity contribution is 0.0951. The number of aromatic nitrogens is 2. The van der Waals surface area contributed by atoms with Gasteiger partial charge < -0.3 is 19.5 Å². The van der Waals surface area contributed by atoms with Gasteiger partial charge in [-0.25, -0.2) is 8.42 Å². The van der Waals surface area contributed by atoms with Crippen LogP contribution in [0.1, 0.15) is 21.5 Å². The highest BCUT2D eigenvalue weighted by molar-refractivity contribution is 7.92. The number of hydrogen-bond donors (Lipinski definition) is 1. The smallest absolute Gasteiger partial charge is 0.300 e. The Morgan fingerprint density at radius 2 is 1.50 bits per heavy atom. The molecular weight excluding hydrogens is 502 g/mol. The molecule has 0 aliphatic carbocycles. The van der Waals surface area contributed by atoms with Crippen LogP contribution in [0.5, 0.6) is 22.4 Å². The highest BCUT2D eigenvalue weighted by Crippen LogP contribution is 2.33. The van der Waals surface area contributed by atoms with E-state index in [1.165, 1.54) is 14.2 Å². The monoisotopic (exact) mass is 525 g/mol. The maximum Gasteiger partial charge on any atom is 0.300 e. The highest BCUT2D eigenvalue weighted by atomic mass is 32.2. The summed E-state index contributed by atoms with van der Waals surface area (Å²) in [6.45, 7) is 0.403. The van der Waals surface area contributed by atoms with Gasteiger partial charge in [-0.2, -0.15) is 0 Å². The number of amides is 1. The van der Waals surface area contributed by atoms with Crippen LogP contribution in [0.25, 0.3) is 0 Å². The number of rotatable bonds is 10. The molecular formula is C25H23N3O6S2. The Balaban J connectivity index is 1.39. The van der Waals surface area contributed by atoms with E-state index in [4.69, 9.17) is 14.2 Å². The van der Waals surface area contributed by atoms with E-state index in [1.807, 2.05) is 30.3 Å². The van der Waals surface area contributed by atoms with Gasteiger partial charge in [-0.3, -0.25) is 4.79 Å². The second kappa shape index (κ2) is 11.2. The zero-order valence-corrected chi connectivity index (χ0v) is 21.1. The zero-order valence-electron chi connectivity index (χ0n) is 19.5. The SMILES string of the molecule is COc1cc(OC)cc(Oc2nnc(S(=O)(=O)Cc3ccc(C(=O)NCc4ccccc4)cc3)s2)c1. The number of sulfone groups is 1. The van der Waals surface area contributed by atoms with Gasteiger partial charge in [0, 0.05) is 30.3 Å². The minimum atomic E-state index is -3.77. The van der Waals surface area contributed by atoms with Gasteiger partial charge in [0.05, 0.1) is 20.0 Å². The molecule has 0 aliphatic heterocycles. The Hall–Kier alpha value is -3.96. The molecule has 1 N–H and O–H groups in total. The molecule has 3 aromatic carbocycles. The van der Waals surface area contributed by atoms with Gasteiger partial charge in [0.15, 0.2) is 0 Å². The van der Waals surface area contributed by atoms with Gasteiger partial charge in [-0.15, -0.1) is 5.10 Å². The summed E-state index contributed by atoms with van der Waals surface area (Å²) in [7, 11) is -0.751. The van der Waals surface area contributed by atoms with Crippen LogP contribution in [0.4, 0.5) is 0 Å². The minimum absolute atomic E-state index is 0.0642. The number of nitrogens with zero attached hydrogens (tertiary/aromatic N) is 2. The largest absolute Gasteiger partial charge is 0.496 e. The molecule has 0 saturated heterocycles. The van der Waals surface area contributed by atoms with Gasteiger partial charge >= 0.3 is 5.19 Å². The fourth-order valence-electron chi connectivity index (χ4n) is 3.22. The van der Waals surface area contributed by atoms with Crippen molar-refractivity contribution in [1.82, 2.24) is 15.5 Å². The van der Waals surface area contributed by atoms with Crippen LogP contribution in [-0.4, -0.2) is 38.7 Å². The van der Waals surface area contributed by atoms with Crippen LogP contribution in [0.2, 0.25) is 0 Å². The van der Waals surface area contributed by atoms with E-state index in [2.05, 4.69) is 15.5 Å². The van der Waals surface area contributed by atoms with Gasteiger partial charge in [0.1, 0.15) is 17.2 Å². The molecule has 0 radical (unpaired) electrons. The topological polar surface area (TPSA) is 117 Å². The fraction of sp³-hybridized carbons (Fsp3) is 0.160. The van der Waals surface area contributed by atoms with Crippen LogP contribution >= 0.6 is 11.3 Å². The molecule has 0 spiro atoms. The molecule has 1 amide bonds. The summed E-state index contributed by atoms with van der Waals surface area (Å²) in [6.07, 6.45) is 0. The molecule has 1 heterocycles. The second-order valence-electron chi connectivity index (χ2n) is 7.61. The zero-order chi connectivity index (χ0) is 25.5. The first kappa shape index (κ1) is 25.1. The van der Waals surface area contributed by atoms with Crippen molar-refractivity contribution in [2.45, 2.75) is 16.6 Å². The van der Waals surface area contributed by atoms with E-state index in [1.54, 1.807) is 42.5 Å². The first-order valence-electron chi connectivity index (χ1n) is 10.7. The Bertz CT molecular complexity index is 1420. The first-order valence-corrected chi connectivity index (χ1v) is 13.2. The van der Waals surface area contributed by atoms with Crippen molar-refractivity contribution in [1.29, 1.82) is 0 Å². The summed E-state index contributed by atoms with van der Waals surface area (Å²) in [4.78, 5) is 12.4. The maximum absolute atomic E-state index is 12.9. The Labute approximate surface area is 212 Å². The number of carbonyl (C=O) groups excluding carboxylic acids is 1. The maximum atomic E-state index is 12.9. The van der Waals surface area contributed by atoms with E-state index in [0.717, 1.165) is 16.9 Å². The van der Waals surface area contributed by atoms with E-state index in [0.29, 0.717) is 34.9 Å². The summed E-state index contributed by atoms with van der Waals surface area (Å²) >= 11 is 0.815. The molecule has 4 rings (SSSR count). The van der Waals surface area contributed by atoms with E-state index in [-0.39, 0.29) is 21.2 Å². The molecule has 0 unspecified atom stereocenters. The lowest BCUT2D eigenvalue weighted by Crippen LogP contribution is -2.22.